The molecule has 0 aromatic heterocycles. The number of carboxylic acid groups (broad SMARTS) is 1. The average molecular weight is 291 g/mol. The van der Waals surface area contributed by atoms with E-state index in [-0.39, 0.29) is 6.54 Å². The minimum Gasteiger partial charge on any atom is -0.480 e. The summed E-state index contributed by atoms with van der Waals surface area (Å²) in [6.07, 6.45) is -0.501. The predicted octanol–water partition coefficient (Wildman–Crippen LogP) is 0.402. The molecule has 8 heteroatoms. The molecule has 0 saturated heterocycles. The molecule has 0 aliphatic heterocycles. The molecule has 0 fully saturated rings. The van der Waals surface area contributed by atoms with Gasteiger partial charge in [-0.2, -0.15) is 0 Å². The molecule has 19 heavy (non-hydrogen) atoms. The third kappa shape index (κ3) is 10.1. The number of hydrogen-bond acceptors (Lipinski definition) is 4. The van der Waals surface area contributed by atoms with E-state index in [1.54, 1.807) is 27.8 Å². The SMILES string of the molecule is CN(CC(=O)O)C(=S)NCCNC(=O)OC(C)(C)C. The standard InChI is InChI=1S/C11H21N3O4S/c1-11(2,3)18-10(17)13-6-5-12-9(19)14(4)7-8(15)16/h5-7H2,1-4H3,(H,12,19)(H,13,17)(H,15,16). The molecule has 0 aromatic rings. The number of alkyl carbamates (subject to hydrolysis) is 1. The average Bonchev–Trinajstić information content (AvgIpc) is 2.20. The molecule has 0 unspecified atom stereocenters. The summed E-state index contributed by atoms with van der Waals surface area (Å²) in [5.74, 6) is -0.960. The number of nitrogens with zero attached hydrogens (tertiary/aromatic N) is 1. The van der Waals surface area contributed by atoms with Gasteiger partial charge >= 0.3 is 12.1 Å². The Bertz CT molecular complexity index is 341. The molecule has 0 bridgehead atoms. The number of nitrogens with one attached hydrogen (secondary N) is 2. The van der Waals surface area contributed by atoms with Crippen LogP contribution < -0.4 is 10.6 Å². The molecule has 0 heterocycles. The van der Waals surface area contributed by atoms with Gasteiger partial charge < -0.3 is 25.4 Å². The monoisotopic (exact) mass is 291 g/mol. The minimum atomic E-state index is -0.960. The van der Waals surface area contributed by atoms with Gasteiger partial charge in [-0.05, 0) is 33.0 Å². The number of thiocarbonyl (C=S) groups is 1. The smallest absolute Gasteiger partial charge is 0.407 e. The first-order valence-corrected chi connectivity index (χ1v) is 6.20. The van der Waals surface area contributed by atoms with E-state index in [0.717, 1.165) is 0 Å². The maximum atomic E-state index is 11.3. The summed E-state index contributed by atoms with van der Waals surface area (Å²) < 4.78 is 5.05. The van der Waals surface area contributed by atoms with E-state index < -0.39 is 17.7 Å². The lowest BCUT2D eigenvalue weighted by molar-refractivity contribution is -0.137. The highest BCUT2D eigenvalue weighted by Gasteiger charge is 2.15. The summed E-state index contributed by atoms with van der Waals surface area (Å²) in [7, 11) is 1.57. The Morgan fingerprint density at radius 2 is 1.79 bits per heavy atom. The molecule has 0 rings (SSSR count). The van der Waals surface area contributed by atoms with Crippen LogP contribution in [0.2, 0.25) is 0 Å². The van der Waals surface area contributed by atoms with Crippen molar-refractivity contribution in [2.24, 2.45) is 0 Å². The number of carbonyl (C=O) groups excluding carboxylic acids is 1. The van der Waals surface area contributed by atoms with Crippen LogP contribution in [0.3, 0.4) is 0 Å². The van der Waals surface area contributed by atoms with Gasteiger partial charge in [0, 0.05) is 20.1 Å². The number of rotatable bonds is 5. The van der Waals surface area contributed by atoms with Crippen molar-refractivity contribution >= 4 is 29.4 Å². The fourth-order valence-electron chi connectivity index (χ4n) is 1.06. The lowest BCUT2D eigenvalue weighted by Gasteiger charge is -2.21. The van der Waals surface area contributed by atoms with Gasteiger partial charge in [0.25, 0.3) is 0 Å². The van der Waals surface area contributed by atoms with Crippen LogP contribution in [0.1, 0.15) is 20.8 Å². The Morgan fingerprint density at radius 1 is 1.26 bits per heavy atom. The molecular formula is C11H21N3O4S. The Labute approximate surface area is 118 Å². The Hall–Kier alpha value is -1.57. The largest absolute Gasteiger partial charge is 0.480 e. The highest BCUT2D eigenvalue weighted by molar-refractivity contribution is 7.80. The number of carboxylic acids is 1. The van der Waals surface area contributed by atoms with Crippen molar-refractivity contribution in [2.75, 3.05) is 26.7 Å². The van der Waals surface area contributed by atoms with Gasteiger partial charge in [0.1, 0.15) is 12.1 Å². The van der Waals surface area contributed by atoms with Crippen molar-refractivity contribution < 1.29 is 19.4 Å². The topological polar surface area (TPSA) is 90.9 Å². The molecule has 0 saturated carbocycles. The molecule has 3 N–H and O–H groups in total. The summed E-state index contributed by atoms with van der Waals surface area (Å²) >= 11 is 4.97. The first-order valence-electron chi connectivity index (χ1n) is 5.79. The Kier molecular flexibility index (Phi) is 7.13. The highest BCUT2D eigenvalue weighted by Crippen LogP contribution is 2.05. The summed E-state index contributed by atoms with van der Waals surface area (Å²) in [4.78, 5) is 23.2. The molecule has 0 spiro atoms. The van der Waals surface area contributed by atoms with Gasteiger partial charge in [-0.25, -0.2) is 4.79 Å². The molecule has 110 valence electrons. The van der Waals surface area contributed by atoms with Crippen molar-refractivity contribution in [1.82, 2.24) is 15.5 Å². The molecule has 0 aliphatic rings. The second-order valence-electron chi connectivity index (χ2n) is 4.91. The number of likely N-dealkylation sites (N-methyl/N-ethyl adjacent to an activating group) is 1. The minimum absolute atomic E-state index is 0.175. The van der Waals surface area contributed by atoms with E-state index in [2.05, 4.69) is 10.6 Å². The lowest BCUT2D eigenvalue weighted by Crippen LogP contribution is -2.43. The van der Waals surface area contributed by atoms with Crippen LogP contribution in [-0.2, 0) is 9.53 Å². The summed E-state index contributed by atoms with van der Waals surface area (Å²) in [5, 5.41) is 14.3. The lowest BCUT2D eigenvalue weighted by atomic mass is 10.2. The number of hydrogen-bond donors (Lipinski definition) is 3. The molecular weight excluding hydrogens is 270 g/mol. The zero-order valence-electron chi connectivity index (χ0n) is 11.6. The molecule has 0 radical (unpaired) electrons. The molecule has 0 atom stereocenters. The van der Waals surface area contributed by atoms with E-state index >= 15 is 0 Å². The Morgan fingerprint density at radius 3 is 2.26 bits per heavy atom. The number of ether oxygens (including phenoxy) is 1. The van der Waals surface area contributed by atoms with Gasteiger partial charge in [-0.15, -0.1) is 0 Å². The second kappa shape index (κ2) is 7.78. The highest BCUT2D eigenvalue weighted by atomic mass is 32.1. The predicted molar refractivity (Wildman–Crippen MR) is 75.1 cm³/mol. The van der Waals surface area contributed by atoms with E-state index in [4.69, 9.17) is 22.1 Å². The van der Waals surface area contributed by atoms with Crippen molar-refractivity contribution in [3.8, 4) is 0 Å². The van der Waals surface area contributed by atoms with Crippen LogP contribution in [-0.4, -0.2) is 59.5 Å². The van der Waals surface area contributed by atoms with E-state index in [1.807, 2.05) is 0 Å². The quantitative estimate of drug-likeness (QED) is 0.499. The van der Waals surface area contributed by atoms with Crippen LogP contribution in [0.5, 0.6) is 0 Å². The molecule has 7 nitrogen and oxygen atoms in total. The molecule has 0 aliphatic carbocycles. The van der Waals surface area contributed by atoms with Crippen LogP contribution in [0.25, 0.3) is 0 Å². The Balaban J connectivity index is 3.77. The number of aliphatic carboxylic acids is 1. The van der Waals surface area contributed by atoms with Crippen LogP contribution in [0.4, 0.5) is 4.79 Å². The van der Waals surface area contributed by atoms with Crippen molar-refractivity contribution in [3.63, 3.8) is 0 Å². The maximum Gasteiger partial charge on any atom is 0.407 e. The summed E-state index contributed by atoms with van der Waals surface area (Å²) in [6, 6.07) is 0. The van der Waals surface area contributed by atoms with E-state index in [0.29, 0.717) is 18.2 Å². The second-order valence-corrected chi connectivity index (χ2v) is 5.30. The fourth-order valence-corrected chi connectivity index (χ4v) is 1.22. The first-order chi connectivity index (χ1) is 8.61. The van der Waals surface area contributed by atoms with Crippen molar-refractivity contribution in [2.45, 2.75) is 26.4 Å². The third-order valence-electron chi connectivity index (χ3n) is 1.79. The van der Waals surface area contributed by atoms with Gasteiger partial charge in [-0.3, -0.25) is 4.79 Å². The van der Waals surface area contributed by atoms with Gasteiger partial charge in [0.2, 0.25) is 0 Å². The van der Waals surface area contributed by atoms with Crippen molar-refractivity contribution in [1.29, 1.82) is 0 Å². The number of amides is 1. The van der Waals surface area contributed by atoms with Crippen molar-refractivity contribution in [3.05, 3.63) is 0 Å². The van der Waals surface area contributed by atoms with Gasteiger partial charge in [0.15, 0.2) is 5.11 Å². The fraction of sp³-hybridized carbons (Fsp3) is 0.727. The third-order valence-corrected chi connectivity index (χ3v) is 2.24. The first kappa shape index (κ1) is 17.4. The van der Waals surface area contributed by atoms with Crippen LogP contribution in [0, 0.1) is 0 Å². The molecule has 1 amide bonds. The zero-order valence-corrected chi connectivity index (χ0v) is 12.5. The van der Waals surface area contributed by atoms with E-state index in [1.165, 1.54) is 4.90 Å². The summed E-state index contributed by atoms with van der Waals surface area (Å²) in [5.41, 5.74) is -0.533. The van der Waals surface area contributed by atoms with Gasteiger partial charge in [-0.1, -0.05) is 0 Å². The number of carbonyl (C=O) groups is 2. The van der Waals surface area contributed by atoms with Gasteiger partial charge in [0.05, 0.1) is 0 Å². The zero-order chi connectivity index (χ0) is 15.1. The van der Waals surface area contributed by atoms with E-state index in [9.17, 15) is 9.59 Å². The van der Waals surface area contributed by atoms with Crippen LogP contribution in [0.15, 0.2) is 0 Å². The maximum absolute atomic E-state index is 11.3. The molecule has 0 aromatic carbocycles. The normalized spacial score (nSPS) is 10.5. The van der Waals surface area contributed by atoms with Crippen LogP contribution >= 0.6 is 12.2 Å². The summed E-state index contributed by atoms with van der Waals surface area (Å²) in [6.45, 7) is 5.88.